The zero-order valence-corrected chi connectivity index (χ0v) is 23.2. The summed E-state index contributed by atoms with van der Waals surface area (Å²) in [4.78, 5) is 17.3. The summed E-state index contributed by atoms with van der Waals surface area (Å²) in [7, 11) is 4.28. The van der Waals surface area contributed by atoms with Crippen molar-refractivity contribution in [2.45, 2.75) is 45.6 Å². The van der Waals surface area contributed by atoms with Crippen molar-refractivity contribution in [2.24, 2.45) is 5.41 Å². The molecule has 1 aliphatic carbocycles. The predicted molar refractivity (Wildman–Crippen MR) is 153 cm³/mol. The van der Waals surface area contributed by atoms with E-state index in [9.17, 15) is 0 Å². The van der Waals surface area contributed by atoms with Crippen LogP contribution in [0.4, 0.5) is 11.5 Å². The first-order valence-electron chi connectivity index (χ1n) is 14.3. The van der Waals surface area contributed by atoms with Gasteiger partial charge in [0, 0.05) is 54.8 Å². The van der Waals surface area contributed by atoms with Crippen LogP contribution in [-0.4, -0.2) is 75.0 Å². The van der Waals surface area contributed by atoms with Crippen molar-refractivity contribution < 1.29 is 9.47 Å². The summed E-state index contributed by atoms with van der Waals surface area (Å²) in [6.07, 6.45) is 5.39. The average Bonchev–Trinajstić information content (AvgIpc) is 3.74. The summed E-state index contributed by atoms with van der Waals surface area (Å²) in [6, 6.07) is 13.9. The summed E-state index contributed by atoms with van der Waals surface area (Å²) in [5, 5.41) is 2.68. The van der Waals surface area contributed by atoms with Gasteiger partial charge in [0.1, 0.15) is 5.82 Å². The number of hydrogen-bond donors (Lipinski definition) is 0. The van der Waals surface area contributed by atoms with Gasteiger partial charge in [-0.2, -0.15) is 9.97 Å². The molecular formula is C31H41N5O2. The minimum absolute atomic E-state index is 0.241. The molecule has 2 aromatic carbocycles. The maximum Gasteiger partial charge on any atom is 0.318 e. The van der Waals surface area contributed by atoms with Gasteiger partial charge in [-0.15, -0.1) is 0 Å². The van der Waals surface area contributed by atoms with E-state index in [0.29, 0.717) is 12.6 Å². The first-order valence-corrected chi connectivity index (χ1v) is 14.3. The molecule has 1 saturated heterocycles. The summed E-state index contributed by atoms with van der Waals surface area (Å²) in [5.41, 5.74) is 5.33. The molecular weight excluding hydrogens is 474 g/mol. The Hall–Kier alpha value is -2.90. The van der Waals surface area contributed by atoms with Crippen LogP contribution >= 0.6 is 0 Å². The van der Waals surface area contributed by atoms with E-state index in [1.807, 2.05) is 0 Å². The van der Waals surface area contributed by atoms with Crippen LogP contribution in [0.5, 0.6) is 6.01 Å². The van der Waals surface area contributed by atoms with Crippen LogP contribution in [-0.2, 0) is 24.1 Å². The monoisotopic (exact) mass is 515 g/mol. The van der Waals surface area contributed by atoms with Crippen molar-refractivity contribution in [1.29, 1.82) is 0 Å². The predicted octanol–water partition coefficient (Wildman–Crippen LogP) is 4.70. The number of ether oxygens (including phenoxy) is 2. The Balaban J connectivity index is 1.34. The van der Waals surface area contributed by atoms with E-state index in [2.05, 4.69) is 72.1 Å². The second-order valence-electron chi connectivity index (χ2n) is 11.6. The van der Waals surface area contributed by atoms with Crippen LogP contribution in [0.15, 0.2) is 36.4 Å². The molecule has 2 fully saturated rings. The molecule has 0 N–H and O–H groups in total. The minimum atomic E-state index is 0.241. The van der Waals surface area contributed by atoms with Gasteiger partial charge in [-0.25, -0.2) is 0 Å². The van der Waals surface area contributed by atoms with Crippen LogP contribution in [0.1, 0.15) is 43.0 Å². The van der Waals surface area contributed by atoms with Crippen molar-refractivity contribution in [3.63, 3.8) is 0 Å². The Bertz CT molecular complexity index is 1280. The van der Waals surface area contributed by atoms with Gasteiger partial charge in [0.2, 0.25) is 0 Å². The van der Waals surface area contributed by atoms with Gasteiger partial charge in [-0.05, 0) is 63.2 Å². The van der Waals surface area contributed by atoms with E-state index in [-0.39, 0.29) is 5.41 Å². The third-order valence-corrected chi connectivity index (χ3v) is 8.35. The van der Waals surface area contributed by atoms with Gasteiger partial charge >= 0.3 is 6.01 Å². The fourth-order valence-corrected chi connectivity index (χ4v) is 6.25. The number of aryl methyl sites for hydroxylation is 1. The van der Waals surface area contributed by atoms with Crippen molar-refractivity contribution in [3.05, 3.63) is 53.2 Å². The molecule has 2 aliphatic heterocycles. The SMILES string of the molecule is CCc1cccc2cccc(N3CCc4c(nc(OCC5(CN(C)C)CC5)nc4N4CCCOCC4)C3)c12. The van der Waals surface area contributed by atoms with Crippen LogP contribution in [0.3, 0.4) is 0 Å². The standard InChI is InChI=1S/C31H41N5O2/c1-4-23-8-5-9-24-10-6-11-27(28(23)24)36-16-12-25-26(20-36)32-30(38-22-31(13-14-31)21-34(2)3)33-29(25)35-15-7-18-37-19-17-35/h5-6,8-11H,4,7,12-22H2,1-3H3. The first kappa shape index (κ1) is 25.4. The molecule has 7 nitrogen and oxygen atoms in total. The molecule has 6 rings (SSSR count). The van der Waals surface area contributed by atoms with Crippen molar-refractivity contribution >= 4 is 22.3 Å². The van der Waals surface area contributed by atoms with E-state index in [0.717, 1.165) is 76.7 Å². The third kappa shape index (κ3) is 5.19. The Morgan fingerprint density at radius 1 is 1.00 bits per heavy atom. The highest BCUT2D eigenvalue weighted by atomic mass is 16.5. The fraction of sp³-hybridized carbons (Fsp3) is 0.548. The van der Waals surface area contributed by atoms with E-state index < -0.39 is 0 Å². The molecule has 1 aromatic heterocycles. The van der Waals surface area contributed by atoms with E-state index in [1.165, 1.54) is 40.4 Å². The zero-order chi connectivity index (χ0) is 26.1. The quantitative estimate of drug-likeness (QED) is 0.431. The van der Waals surface area contributed by atoms with E-state index in [4.69, 9.17) is 19.4 Å². The summed E-state index contributed by atoms with van der Waals surface area (Å²) in [5.74, 6) is 1.06. The number of nitrogens with zero attached hydrogens (tertiary/aromatic N) is 5. The van der Waals surface area contributed by atoms with Gasteiger partial charge in [0.15, 0.2) is 0 Å². The number of fused-ring (bicyclic) bond motifs is 2. The zero-order valence-electron chi connectivity index (χ0n) is 23.2. The highest BCUT2D eigenvalue weighted by Crippen LogP contribution is 2.46. The normalized spacial score (nSPS) is 18.9. The molecule has 0 spiro atoms. The molecule has 3 aliphatic rings. The smallest absolute Gasteiger partial charge is 0.318 e. The van der Waals surface area contributed by atoms with Crippen molar-refractivity contribution in [2.75, 3.05) is 69.9 Å². The van der Waals surface area contributed by atoms with Gasteiger partial charge in [-0.1, -0.05) is 37.3 Å². The molecule has 202 valence electrons. The van der Waals surface area contributed by atoms with E-state index >= 15 is 0 Å². The van der Waals surface area contributed by atoms with Gasteiger partial charge in [0.25, 0.3) is 0 Å². The number of rotatable bonds is 8. The van der Waals surface area contributed by atoms with Crippen LogP contribution < -0.4 is 14.5 Å². The summed E-state index contributed by atoms with van der Waals surface area (Å²) in [6.45, 7) is 9.07. The number of hydrogen-bond acceptors (Lipinski definition) is 7. The molecule has 0 radical (unpaired) electrons. The molecule has 1 saturated carbocycles. The molecule has 0 amide bonds. The lowest BCUT2D eigenvalue weighted by Crippen LogP contribution is -2.35. The van der Waals surface area contributed by atoms with Gasteiger partial charge in [0.05, 0.1) is 25.5 Å². The fourth-order valence-electron chi connectivity index (χ4n) is 6.25. The largest absolute Gasteiger partial charge is 0.463 e. The Morgan fingerprint density at radius 3 is 2.63 bits per heavy atom. The lowest BCUT2D eigenvalue weighted by molar-refractivity contribution is 0.152. The van der Waals surface area contributed by atoms with Crippen LogP contribution in [0.2, 0.25) is 0 Å². The Morgan fingerprint density at radius 2 is 1.84 bits per heavy atom. The second-order valence-corrected chi connectivity index (χ2v) is 11.6. The second kappa shape index (κ2) is 10.7. The highest BCUT2D eigenvalue weighted by molar-refractivity contribution is 5.97. The summed E-state index contributed by atoms with van der Waals surface area (Å²) < 4.78 is 12.2. The molecule has 0 unspecified atom stereocenters. The summed E-state index contributed by atoms with van der Waals surface area (Å²) >= 11 is 0. The van der Waals surface area contributed by atoms with Crippen LogP contribution in [0.25, 0.3) is 10.8 Å². The maximum absolute atomic E-state index is 6.39. The van der Waals surface area contributed by atoms with Gasteiger partial charge in [-0.3, -0.25) is 0 Å². The average molecular weight is 516 g/mol. The third-order valence-electron chi connectivity index (χ3n) is 8.35. The number of aromatic nitrogens is 2. The molecule has 7 heteroatoms. The lowest BCUT2D eigenvalue weighted by atomic mass is 9.98. The minimum Gasteiger partial charge on any atom is -0.463 e. The molecule has 3 heterocycles. The van der Waals surface area contributed by atoms with Crippen LogP contribution in [0, 0.1) is 5.41 Å². The molecule has 3 aromatic rings. The van der Waals surface area contributed by atoms with Crippen molar-refractivity contribution in [3.8, 4) is 6.01 Å². The molecule has 38 heavy (non-hydrogen) atoms. The van der Waals surface area contributed by atoms with E-state index in [1.54, 1.807) is 0 Å². The molecule has 0 bridgehead atoms. The van der Waals surface area contributed by atoms with Crippen molar-refractivity contribution in [1.82, 2.24) is 14.9 Å². The number of anilines is 2. The maximum atomic E-state index is 6.39. The Labute approximate surface area is 226 Å². The first-order chi connectivity index (χ1) is 18.5. The molecule has 0 atom stereocenters. The number of benzene rings is 2. The Kier molecular flexibility index (Phi) is 7.14. The lowest BCUT2D eigenvalue weighted by Gasteiger charge is -2.34. The topological polar surface area (TPSA) is 54.0 Å². The van der Waals surface area contributed by atoms with Gasteiger partial charge < -0.3 is 24.2 Å². The highest BCUT2D eigenvalue weighted by Gasteiger charge is 2.44.